The summed E-state index contributed by atoms with van der Waals surface area (Å²) in [7, 11) is 0. The van der Waals surface area contributed by atoms with Crippen LogP contribution in [0.3, 0.4) is 0 Å². The SMILES string of the molecule is Cc1cccc(NCNc2cccc(C)c2)c1. The highest BCUT2D eigenvalue weighted by atomic mass is 15.1. The molecule has 2 heteroatoms. The normalized spacial score (nSPS) is 10.0. The third kappa shape index (κ3) is 3.52. The zero-order chi connectivity index (χ0) is 12.1. The monoisotopic (exact) mass is 226 g/mol. The summed E-state index contributed by atoms with van der Waals surface area (Å²) in [6.07, 6.45) is 0. The van der Waals surface area contributed by atoms with Gasteiger partial charge in [-0.1, -0.05) is 24.3 Å². The molecule has 2 nitrogen and oxygen atoms in total. The van der Waals surface area contributed by atoms with Gasteiger partial charge in [0.2, 0.25) is 0 Å². The van der Waals surface area contributed by atoms with Gasteiger partial charge in [-0.15, -0.1) is 0 Å². The average molecular weight is 226 g/mol. The Bertz CT molecular complexity index is 446. The van der Waals surface area contributed by atoms with Crippen LogP contribution >= 0.6 is 0 Å². The number of rotatable bonds is 4. The van der Waals surface area contributed by atoms with Crippen LogP contribution in [0.1, 0.15) is 11.1 Å². The highest BCUT2D eigenvalue weighted by Gasteiger charge is 1.93. The van der Waals surface area contributed by atoms with Crippen LogP contribution in [0.25, 0.3) is 0 Å². The molecule has 0 aromatic heterocycles. The number of benzene rings is 2. The van der Waals surface area contributed by atoms with Crippen LogP contribution in [0.15, 0.2) is 48.5 Å². The van der Waals surface area contributed by atoms with E-state index in [0.29, 0.717) is 0 Å². The zero-order valence-electron chi connectivity index (χ0n) is 10.3. The Kier molecular flexibility index (Phi) is 3.66. The fourth-order valence-electron chi connectivity index (χ4n) is 1.76. The van der Waals surface area contributed by atoms with Gasteiger partial charge in [0.25, 0.3) is 0 Å². The van der Waals surface area contributed by atoms with Gasteiger partial charge in [0.1, 0.15) is 0 Å². The summed E-state index contributed by atoms with van der Waals surface area (Å²) in [6.45, 7) is 4.92. The molecule has 0 aliphatic rings. The van der Waals surface area contributed by atoms with Crippen LogP contribution in [0.2, 0.25) is 0 Å². The molecule has 0 unspecified atom stereocenters. The van der Waals surface area contributed by atoms with Gasteiger partial charge in [-0.2, -0.15) is 0 Å². The van der Waals surface area contributed by atoms with Crippen molar-refractivity contribution in [3.63, 3.8) is 0 Å². The van der Waals surface area contributed by atoms with Crippen LogP contribution < -0.4 is 10.6 Å². The molecular weight excluding hydrogens is 208 g/mol. The van der Waals surface area contributed by atoms with E-state index < -0.39 is 0 Å². The summed E-state index contributed by atoms with van der Waals surface area (Å²) < 4.78 is 0. The highest BCUT2D eigenvalue weighted by molar-refractivity contribution is 5.49. The molecular formula is C15H18N2. The fourth-order valence-corrected chi connectivity index (χ4v) is 1.76. The fraction of sp³-hybridized carbons (Fsp3) is 0.200. The third-order valence-corrected chi connectivity index (χ3v) is 2.62. The predicted octanol–water partition coefficient (Wildman–Crippen LogP) is 3.78. The Morgan fingerprint density at radius 2 is 1.24 bits per heavy atom. The van der Waals surface area contributed by atoms with Crippen LogP contribution in [0.5, 0.6) is 0 Å². The number of nitrogens with one attached hydrogen (secondary N) is 2. The maximum atomic E-state index is 3.34. The number of aryl methyl sites for hydroxylation is 2. The summed E-state index contributed by atoms with van der Waals surface area (Å²) >= 11 is 0. The number of anilines is 2. The molecule has 0 heterocycles. The number of hydrogen-bond acceptors (Lipinski definition) is 2. The average Bonchev–Trinajstić information content (AvgIpc) is 2.29. The lowest BCUT2D eigenvalue weighted by Crippen LogP contribution is -2.11. The van der Waals surface area contributed by atoms with Gasteiger partial charge >= 0.3 is 0 Å². The largest absolute Gasteiger partial charge is 0.368 e. The van der Waals surface area contributed by atoms with Crippen molar-refractivity contribution >= 4 is 11.4 Å². The molecule has 0 aliphatic heterocycles. The maximum absolute atomic E-state index is 3.34. The molecule has 17 heavy (non-hydrogen) atoms. The van der Waals surface area contributed by atoms with Crippen molar-refractivity contribution in [1.82, 2.24) is 0 Å². The maximum Gasteiger partial charge on any atom is 0.0849 e. The standard InChI is InChI=1S/C15H18N2/c1-12-5-3-7-14(9-12)16-11-17-15-8-4-6-13(2)10-15/h3-10,16-17H,11H2,1-2H3. The first-order valence-corrected chi connectivity index (χ1v) is 5.85. The molecule has 2 rings (SSSR count). The molecule has 0 amide bonds. The van der Waals surface area contributed by atoms with Crippen LogP contribution in [-0.2, 0) is 0 Å². The van der Waals surface area contributed by atoms with Crippen molar-refractivity contribution in [2.75, 3.05) is 17.3 Å². The van der Waals surface area contributed by atoms with E-state index in [1.807, 2.05) is 0 Å². The topological polar surface area (TPSA) is 24.1 Å². The lowest BCUT2D eigenvalue weighted by molar-refractivity contribution is 1.21. The molecule has 0 aliphatic carbocycles. The molecule has 0 saturated heterocycles. The van der Waals surface area contributed by atoms with E-state index >= 15 is 0 Å². The van der Waals surface area contributed by atoms with Crippen molar-refractivity contribution in [3.8, 4) is 0 Å². The molecule has 0 atom stereocenters. The second-order valence-electron chi connectivity index (χ2n) is 4.27. The van der Waals surface area contributed by atoms with E-state index in [2.05, 4.69) is 73.0 Å². The van der Waals surface area contributed by atoms with Crippen molar-refractivity contribution in [1.29, 1.82) is 0 Å². The molecule has 0 fully saturated rings. The first-order chi connectivity index (χ1) is 8.24. The minimum absolute atomic E-state index is 0.729. The van der Waals surface area contributed by atoms with E-state index in [-0.39, 0.29) is 0 Å². The molecule has 0 spiro atoms. The second-order valence-corrected chi connectivity index (χ2v) is 4.27. The third-order valence-electron chi connectivity index (χ3n) is 2.62. The summed E-state index contributed by atoms with van der Waals surface area (Å²) in [5.74, 6) is 0. The van der Waals surface area contributed by atoms with Gasteiger partial charge in [-0.3, -0.25) is 0 Å². The molecule has 0 bridgehead atoms. The lowest BCUT2D eigenvalue weighted by atomic mass is 10.2. The molecule has 2 N–H and O–H groups in total. The Morgan fingerprint density at radius 1 is 0.765 bits per heavy atom. The van der Waals surface area contributed by atoms with E-state index in [4.69, 9.17) is 0 Å². The van der Waals surface area contributed by atoms with Crippen molar-refractivity contribution in [2.45, 2.75) is 13.8 Å². The van der Waals surface area contributed by atoms with Crippen molar-refractivity contribution in [3.05, 3.63) is 59.7 Å². The van der Waals surface area contributed by atoms with Crippen LogP contribution in [0, 0.1) is 13.8 Å². The molecule has 0 saturated carbocycles. The van der Waals surface area contributed by atoms with Crippen molar-refractivity contribution in [2.24, 2.45) is 0 Å². The zero-order valence-corrected chi connectivity index (χ0v) is 10.3. The molecule has 2 aromatic rings. The lowest BCUT2D eigenvalue weighted by Gasteiger charge is -2.10. The van der Waals surface area contributed by atoms with Gasteiger partial charge in [-0.05, 0) is 49.2 Å². The Morgan fingerprint density at radius 3 is 1.65 bits per heavy atom. The van der Waals surface area contributed by atoms with Crippen LogP contribution in [0.4, 0.5) is 11.4 Å². The predicted molar refractivity (Wildman–Crippen MR) is 74.5 cm³/mol. The van der Waals surface area contributed by atoms with Crippen molar-refractivity contribution < 1.29 is 0 Å². The van der Waals surface area contributed by atoms with Gasteiger partial charge in [0.05, 0.1) is 6.67 Å². The summed E-state index contributed by atoms with van der Waals surface area (Å²) in [4.78, 5) is 0. The van der Waals surface area contributed by atoms with Gasteiger partial charge < -0.3 is 10.6 Å². The molecule has 88 valence electrons. The minimum atomic E-state index is 0.729. The van der Waals surface area contributed by atoms with Gasteiger partial charge in [0.15, 0.2) is 0 Å². The quantitative estimate of drug-likeness (QED) is 0.775. The van der Waals surface area contributed by atoms with Gasteiger partial charge in [0, 0.05) is 11.4 Å². The molecule has 0 radical (unpaired) electrons. The smallest absolute Gasteiger partial charge is 0.0849 e. The van der Waals surface area contributed by atoms with E-state index in [1.165, 1.54) is 11.1 Å². The highest BCUT2D eigenvalue weighted by Crippen LogP contribution is 2.11. The van der Waals surface area contributed by atoms with E-state index in [0.717, 1.165) is 18.0 Å². The minimum Gasteiger partial charge on any atom is -0.368 e. The van der Waals surface area contributed by atoms with E-state index in [1.54, 1.807) is 0 Å². The summed E-state index contributed by atoms with van der Waals surface area (Å²) in [5, 5.41) is 6.68. The van der Waals surface area contributed by atoms with Gasteiger partial charge in [-0.25, -0.2) is 0 Å². The summed E-state index contributed by atoms with van der Waals surface area (Å²) in [6, 6.07) is 16.7. The first kappa shape index (κ1) is 11.5. The Labute approximate surface area is 103 Å². The van der Waals surface area contributed by atoms with E-state index in [9.17, 15) is 0 Å². The summed E-state index contributed by atoms with van der Waals surface area (Å²) in [5.41, 5.74) is 4.83. The number of hydrogen-bond donors (Lipinski definition) is 2. The first-order valence-electron chi connectivity index (χ1n) is 5.85. The molecule has 2 aromatic carbocycles. The second kappa shape index (κ2) is 5.39. The Hall–Kier alpha value is -1.96. The Balaban J connectivity index is 1.87. The van der Waals surface area contributed by atoms with Crippen LogP contribution in [-0.4, -0.2) is 6.67 Å².